The Morgan fingerprint density at radius 3 is 2.76 bits per heavy atom. The second-order valence-electron chi connectivity index (χ2n) is 5.73. The highest BCUT2D eigenvalue weighted by molar-refractivity contribution is 7.89. The lowest BCUT2D eigenvalue weighted by Gasteiger charge is -2.27. The Morgan fingerprint density at radius 1 is 1.28 bits per heavy atom. The highest BCUT2D eigenvalue weighted by atomic mass is 32.2. The van der Waals surface area contributed by atoms with Crippen molar-refractivity contribution < 1.29 is 13.3 Å². The summed E-state index contributed by atoms with van der Waals surface area (Å²) in [6.45, 7) is 4.42. The number of piperazine rings is 1. The number of nitro groups is 1. The number of rotatable bonds is 6. The summed E-state index contributed by atoms with van der Waals surface area (Å²) in [5, 5.41) is 14.6. The number of hydrogen-bond acceptors (Lipinski definition) is 7. The molecule has 0 amide bonds. The molecule has 0 aliphatic carbocycles. The van der Waals surface area contributed by atoms with Crippen LogP contribution in [0.2, 0.25) is 0 Å². The largest absolute Gasteiger partial charge is 0.314 e. The van der Waals surface area contributed by atoms with E-state index in [0.29, 0.717) is 6.54 Å². The molecule has 2 aromatic rings. The first kappa shape index (κ1) is 17.7. The summed E-state index contributed by atoms with van der Waals surface area (Å²) < 4.78 is 27.8. The number of sulfonamides is 1. The Balaban J connectivity index is 1.82. The van der Waals surface area contributed by atoms with Crippen LogP contribution in [-0.4, -0.2) is 62.5 Å². The van der Waals surface area contributed by atoms with Crippen molar-refractivity contribution in [3.05, 3.63) is 40.6 Å². The van der Waals surface area contributed by atoms with Crippen LogP contribution in [-0.2, 0) is 10.0 Å². The molecule has 1 aromatic heterocycles. The lowest BCUT2D eigenvalue weighted by atomic mass is 10.2. The van der Waals surface area contributed by atoms with Gasteiger partial charge in [0.05, 0.1) is 15.8 Å². The molecule has 1 aliphatic rings. The molecule has 0 atom stereocenters. The molecule has 25 heavy (non-hydrogen) atoms. The summed E-state index contributed by atoms with van der Waals surface area (Å²) in [4.78, 5) is 16.8. The number of hydrogen-bond donors (Lipinski definition) is 2. The highest BCUT2D eigenvalue weighted by Gasteiger charge is 2.23. The van der Waals surface area contributed by atoms with Crippen molar-refractivity contribution in [1.29, 1.82) is 0 Å². The van der Waals surface area contributed by atoms with Crippen LogP contribution in [0.1, 0.15) is 0 Å². The number of non-ortho nitro benzene ring substituents is 1. The van der Waals surface area contributed by atoms with Gasteiger partial charge in [-0.1, -0.05) is 0 Å². The topological polar surface area (TPSA) is 117 Å². The second kappa shape index (κ2) is 7.40. The summed E-state index contributed by atoms with van der Waals surface area (Å²) in [7, 11) is -3.81. The van der Waals surface area contributed by atoms with Gasteiger partial charge in [-0.25, -0.2) is 13.1 Å². The zero-order chi connectivity index (χ0) is 17.9. The van der Waals surface area contributed by atoms with E-state index in [1.54, 1.807) is 6.07 Å². The minimum absolute atomic E-state index is 0.0472. The van der Waals surface area contributed by atoms with E-state index < -0.39 is 14.9 Å². The van der Waals surface area contributed by atoms with Gasteiger partial charge in [-0.2, -0.15) is 0 Å². The number of nitrogens with one attached hydrogen (secondary N) is 2. The van der Waals surface area contributed by atoms with Crippen molar-refractivity contribution in [2.24, 2.45) is 0 Å². The first-order valence-corrected chi connectivity index (χ1v) is 9.42. The van der Waals surface area contributed by atoms with Crippen LogP contribution in [0.3, 0.4) is 0 Å². The van der Waals surface area contributed by atoms with Crippen molar-refractivity contribution >= 4 is 26.6 Å². The molecule has 1 aliphatic heterocycles. The Morgan fingerprint density at radius 2 is 2.04 bits per heavy atom. The zero-order valence-corrected chi connectivity index (χ0v) is 14.3. The fraction of sp³-hybridized carbons (Fsp3) is 0.400. The van der Waals surface area contributed by atoms with Gasteiger partial charge in [0.25, 0.3) is 5.69 Å². The van der Waals surface area contributed by atoms with Crippen LogP contribution in [0.5, 0.6) is 0 Å². The van der Waals surface area contributed by atoms with Crippen molar-refractivity contribution in [3.8, 4) is 0 Å². The summed E-state index contributed by atoms with van der Waals surface area (Å²) in [6, 6.07) is 5.49. The van der Waals surface area contributed by atoms with E-state index in [-0.39, 0.29) is 28.0 Å². The van der Waals surface area contributed by atoms with Gasteiger partial charge < -0.3 is 5.32 Å². The molecule has 134 valence electrons. The second-order valence-corrected chi connectivity index (χ2v) is 7.46. The number of benzene rings is 1. The SMILES string of the molecule is O=[N+]([O-])c1ccc(S(=O)(=O)NCCN2CCNCC2)c2ncccc12. The number of fused-ring (bicyclic) bond motifs is 1. The van der Waals surface area contributed by atoms with E-state index in [9.17, 15) is 18.5 Å². The minimum Gasteiger partial charge on any atom is -0.314 e. The van der Waals surface area contributed by atoms with E-state index in [0.717, 1.165) is 26.2 Å². The van der Waals surface area contributed by atoms with E-state index in [1.165, 1.54) is 24.4 Å². The van der Waals surface area contributed by atoms with Crippen molar-refractivity contribution in [2.45, 2.75) is 4.90 Å². The van der Waals surface area contributed by atoms with Gasteiger partial charge >= 0.3 is 0 Å². The first-order chi connectivity index (χ1) is 12.0. The molecular formula is C15H19N5O4S. The molecule has 0 spiro atoms. The monoisotopic (exact) mass is 365 g/mol. The maximum Gasteiger partial charge on any atom is 0.278 e. The number of nitrogens with zero attached hydrogens (tertiary/aromatic N) is 3. The lowest BCUT2D eigenvalue weighted by molar-refractivity contribution is -0.383. The molecule has 1 fully saturated rings. The summed E-state index contributed by atoms with van der Waals surface area (Å²) in [5.74, 6) is 0. The van der Waals surface area contributed by atoms with Crippen LogP contribution >= 0.6 is 0 Å². The summed E-state index contributed by atoms with van der Waals surface area (Å²) in [5.41, 5.74) is -0.0609. The molecule has 0 unspecified atom stereocenters. The van der Waals surface area contributed by atoms with Gasteiger partial charge in [0, 0.05) is 51.5 Å². The third-order valence-corrected chi connectivity index (χ3v) is 5.62. The molecule has 1 aromatic carbocycles. The number of pyridine rings is 1. The average molecular weight is 365 g/mol. The standard InChI is InChI=1S/C15H19N5O4S/c21-20(22)13-3-4-14(15-12(13)2-1-5-17-15)25(23,24)18-8-11-19-9-6-16-7-10-19/h1-5,16,18H,6-11H2. The van der Waals surface area contributed by atoms with E-state index in [2.05, 4.69) is 19.9 Å². The van der Waals surface area contributed by atoms with E-state index in [1.807, 2.05) is 0 Å². The number of aromatic nitrogens is 1. The minimum atomic E-state index is -3.81. The highest BCUT2D eigenvalue weighted by Crippen LogP contribution is 2.29. The van der Waals surface area contributed by atoms with Crippen molar-refractivity contribution in [2.75, 3.05) is 39.3 Å². The molecule has 9 nitrogen and oxygen atoms in total. The van der Waals surface area contributed by atoms with Gasteiger partial charge in [0.1, 0.15) is 4.90 Å². The van der Waals surface area contributed by atoms with E-state index >= 15 is 0 Å². The Kier molecular flexibility index (Phi) is 5.23. The maximum atomic E-state index is 12.6. The number of nitro benzene ring substituents is 1. The smallest absolute Gasteiger partial charge is 0.278 e. The summed E-state index contributed by atoms with van der Waals surface area (Å²) >= 11 is 0. The molecule has 2 heterocycles. The Labute approximate surface area is 145 Å². The van der Waals surface area contributed by atoms with Crippen LogP contribution in [0.15, 0.2) is 35.4 Å². The van der Waals surface area contributed by atoms with Gasteiger partial charge in [0.15, 0.2) is 0 Å². The fourth-order valence-electron chi connectivity index (χ4n) is 2.86. The normalized spacial score (nSPS) is 16.2. The lowest BCUT2D eigenvalue weighted by Crippen LogP contribution is -2.46. The fourth-order valence-corrected chi connectivity index (χ4v) is 4.04. The van der Waals surface area contributed by atoms with Crippen LogP contribution in [0, 0.1) is 10.1 Å². The summed E-state index contributed by atoms with van der Waals surface area (Å²) in [6.07, 6.45) is 1.42. The van der Waals surface area contributed by atoms with Gasteiger partial charge in [0.2, 0.25) is 10.0 Å². The molecule has 0 bridgehead atoms. The third-order valence-electron chi connectivity index (χ3n) is 4.13. The molecule has 1 saturated heterocycles. The van der Waals surface area contributed by atoms with Crippen molar-refractivity contribution in [3.63, 3.8) is 0 Å². The molecule has 0 saturated carbocycles. The quantitative estimate of drug-likeness (QED) is 0.559. The zero-order valence-electron chi connectivity index (χ0n) is 13.5. The maximum absolute atomic E-state index is 12.6. The van der Waals surface area contributed by atoms with E-state index in [4.69, 9.17) is 0 Å². The Hall–Kier alpha value is -2.14. The molecule has 3 rings (SSSR count). The van der Waals surface area contributed by atoms with Crippen molar-refractivity contribution in [1.82, 2.24) is 19.9 Å². The molecule has 10 heteroatoms. The van der Waals surface area contributed by atoms with Crippen LogP contribution < -0.4 is 10.0 Å². The van der Waals surface area contributed by atoms with Gasteiger partial charge in [-0.15, -0.1) is 0 Å². The van der Waals surface area contributed by atoms with Gasteiger partial charge in [-0.05, 0) is 18.2 Å². The molecular weight excluding hydrogens is 346 g/mol. The third kappa shape index (κ3) is 3.93. The van der Waals surface area contributed by atoms with Crippen LogP contribution in [0.4, 0.5) is 5.69 Å². The molecule has 2 N–H and O–H groups in total. The predicted molar refractivity (Wildman–Crippen MR) is 92.9 cm³/mol. The Bertz CT molecular complexity index is 881. The van der Waals surface area contributed by atoms with Crippen LogP contribution in [0.25, 0.3) is 10.9 Å². The van der Waals surface area contributed by atoms with Gasteiger partial charge in [-0.3, -0.25) is 20.0 Å². The average Bonchev–Trinajstić information content (AvgIpc) is 2.61. The first-order valence-electron chi connectivity index (χ1n) is 7.94. The predicted octanol–water partition coefficient (Wildman–Crippen LogP) is 0.327. The molecule has 0 radical (unpaired) electrons.